The Kier molecular flexibility index (Phi) is 6.08. The van der Waals surface area contributed by atoms with Crippen molar-refractivity contribution in [3.8, 4) is 0 Å². The molecular formula is C16H22ClN3O4S. The van der Waals surface area contributed by atoms with E-state index < -0.39 is 10.0 Å². The molecule has 0 atom stereocenters. The van der Waals surface area contributed by atoms with Crippen molar-refractivity contribution in [3.05, 3.63) is 22.7 Å². The standard InChI is InChI=1S/C16H22ClN3O4S/c1-10(2)18-16(5-7-21)19-25(23,24)15-9-14-12(8-13(15)17)4-6-20(14)11(3)22/h8-10,21H,4-7H2,1-3H3,(H,18,19). The summed E-state index contributed by atoms with van der Waals surface area (Å²) in [5.41, 5.74) is 1.40. The van der Waals surface area contributed by atoms with Crippen LogP contribution in [0.1, 0.15) is 32.8 Å². The molecule has 138 valence electrons. The maximum absolute atomic E-state index is 12.7. The number of amidine groups is 1. The van der Waals surface area contributed by atoms with Gasteiger partial charge in [0.1, 0.15) is 10.7 Å². The lowest BCUT2D eigenvalue weighted by molar-refractivity contribution is -0.116. The maximum atomic E-state index is 12.7. The lowest BCUT2D eigenvalue weighted by Crippen LogP contribution is -2.32. The molecule has 0 saturated carbocycles. The molecule has 2 N–H and O–H groups in total. The summed E-state index contributed by atoms with van der Waals surface area (Å²) >= 11 is 6.17. The second-order valence-electron chi connectivity index (χ2n) is 6.08. The topological polar surface area (TPSA) is 99.1 Å². The van der Waals surface area contributed by atoms with Crippen molar-refractivity contribution in [3.63, 3.8) is 0 Å². The maximum Gasteiger partial charge on any atom is 0.264 e. The van der Waals surface area contributed by atoms with E-state index in [0.29, 0.717) is 18.7 Å². The van der Waals surface area contributed by atoms with Gasteiger partial charge in [0.05, 0.1) is 11.6 Å². The van der Waals surface area contributed by atoms with E-state index in [9.17, 15) is 13.2 Å². The highest BCUT2D eigenvalue weighted by Crippen LogP contribution is 2.35. The Morgan fingerprint density at radius 1 is 1.44 bits per heavy atom. The molecule has 2 rings (SSSR count). The second kappa shape index (κ2) is 7.72. The van der Waals surface area contributed by atoms with Crippen LogP contribution in [0.25, 0.3) is 0 Å². The molecule has 1 aliphatic heterocycles. The Balaban J connectivity index is 2.43. The number of sulfonamides is 1. The van der Waals surface area contributed by atoms with Gasteiger partial charge in [0.2, 0.25) is 5.91 Å². The molecule has 0 spiro atoms. The zero-order valence-electron chi connectivity index (χ0n) is 14.4. The van der Waals surface area contributed by atoms with Gasteiger partial charge in [-0.1, -0.05) is 11.6 Å². The summed E-state index contributed by atoms with van der Waals surface area (Å²) < 4.78 is 27.9. The van der Waals surface area contributed by atoms with E-state index in [-0.39, 0.29) is 40.7 Å². The van der Waals surface area contributed by atoms with Gasteiger partial charge in [-0.05, 0) is 38.0 Å². The number of rotatable bonds is 5. The van der Waals surface area contributed by atoms with Crippen molar-refractivity contribution in [2.24, 2.45) is 4.99 Å². The first-order valence-electron chi connectivity index (χ1n) is 7.96. The van der Waals surface area contributed by atoms with Crippen molar-refractivity contribution >= 4 is 39.1 Å². The molecule has 1 heterocycles. The monoisotopic (exact) mass is 387 g/mol. The number of anilines is 1. The van der Waals surface area contributed by atoms with Gasteiger partial charge in [-0.2, -0.15) is 0 Å². The Morgan fingerprint density at radius 3 is 2.68 bits per heavy atom. The fourth-order valence-corrected chi connectivity index (χ4v) is 4.34. The van der Waals surface area contributed by atoms with Crippen molar-refractivity contribution in [2.45, 2.75) is 44.6 Å². The van der Waals surface area contributed by atoms with E-state index in [4.69, 9.17) is 16.7 Å². The Labute approximate surface area is 152 Å². The van der Waals surface area contributed by atoms with Crippen LogP contribution in [0.3, 0.4) is 0 Å². The van der Waals surface area contributed by atoms with Crippen LogP contribution in [0.15, 0.2) is 22.0 Å². The van der Waals surface area contributed by atoms with E-state index in [2.05, 4.69) is 9.71 Å². The van der Waals surface area contributed by atoms with Gasteiger partial charge in [0, 0.05) is 31.6 Å². The van der Waals surface area contributed by atoms with Crippen LogP contribution in [0, 0.1) is 0 Å². The summed E-state index contributed by atoms with van der Waals surface area (Å²) in [6, 6.07) is 2.87. The Bertz CT molecular complexity index is 806. The van der Waals surface area contributed by atoms with Gasteiger partial charge < -0.3 is 10.0 Å². The molecular weight excluding hydrogens is 366 g/mol. The van der Waals surface area contributed by atoms with Crippen LogP contribution in [-0.2, 0) is 21.2 Å². The zero-order valence-corrected chi connectivity index (χ0v) is 16.0. The number of aliphatic hydroxyl groups excluding tert-OH is 1. The molecule has 25 heavy (non-hydrogen) atoms. The summed E-state index contributed by atoms with van der Waals surface area (Å²) in [5.74, 6) is 0.0113. The van der Waals surface area contributed by atoms with Gasteiger partial charge in [-0.15, -0.1) is 0 Å². The number of nitrogens with zero attached hydrogens (tertiary/aromatic N) is 2. The number of hydrogen-bond donors (Lipinski definition) is 2. The average molecular weight is 388 g/mol. The Hall–Kier alpha value is -1.64. The molecule has 9 heteroatoms. The van der Waals surface area contributed by atoms with Crippen LogP contribution in [-0.4, -0.2) is 44.5 Å². The summed E-state index contributed by atoms with van der Waals surface area (Å²) in [5, 5.41) is 9.20. The first kappa shape index (κ1) is 19.7. The molecule has 0 aliphatic carbocycles. The predicted octanol–water partition coefficient (Wildman–Crippen LogP) is 1.72. The van der Waals surface area contributed by atoms with Gasteiger partial charge in [0.25, 0.3) is 10.0 Å². The van der Waals surface area contributed by atoms with Crippen molar-refractivity contribution in [1.29, 1.82) is 0 Å². The molecule has 1 aromatic carbocycles. The summed E-state index contributed by atoms with van der Waals surface area (Å²) in [4.78, 5) is 17.3. The zero-order chi connectivity index (χ0) is 18.8. The van der Waals surface area contributed by atoms with E-state index >= 15 is 0 Å². The third-order valence-corrected chi connectivity index (χ3v) is 5.56. The minimum atomic E-state index is -3.99. The molecule has 1 aliphatic rings. The minimum absolute atomic E-state index is 0.0829. The van der Waals surface area contributed by atoms with Gasteiger partial charge >= 0.3 is 0 Å². The van der Waals surface area contributed by atoms with Crippen molar-refractivity contribution < 1.29 is 18.3 Å². The van der Waals surface area contributed by atoms with E-state index in [0.717, 1.165) is 5.56 Å². The number of carbonyl (C=O) groups excluding carboxylic acids is 1. The molecule has 1 amide bonds. The van der Waals surface area contributed by atoms with Crippen LogP contribution in [0.2, 0.25) is 5.02 Å². The smallest absolute Gasteiger partial charge is 0.264 e. The van der Waals surface area contributed by atoms with Crippen molar-refractivity contribution in [2.75, 3.05) is 18.1 Å². The summed E-state index contributed by atoms with van der Waals surface area (Å²) in [7, 11) is -3.99. The second-order valence-corrected chi connectivity index (χ2v) is 8.14. The summed E-state index contributed by atoms with van der Waals surface area (Å²) in [6.45, 7) is 5.31. The lowest BCUT2D eigenvalue weighted by Gasteiger charge is -2.17. The fourth-order valence-electron chi connectivity index (χ4n) is 2.69. The number of halogens is 1. The number of aliphatic hydroxyl groups is 1. The number of amides is 1. The molecule has 0 aromatic heterocycles. The first-order chi connectivity index (χ1) is 11.7. The molecule has 0 bridgehead atoms. The summed E-state index contributed by atoms with van der Waals surface area (Å²) in [6.07, 6.45) is 0.715. The van der Waals surface area contributed by atoms with E-state index in [1.165, 1.54) is 17.9 Å². The molecule has 1 aromatic rings. The molecule has 0 fully saturated rings. The van der Waals surface area contributed by atoms with Crippen LogP contribution in [0.4, 0.5) is 5.69 Å². The molecule has 7 nitrogen and oxygen atoms in total. The highest BCUT2D eigenvalue weighted by atomic mass is 35.5. The Morgan fingerprint density at radius 2 is 2.12 bits per heavy atom. The van der Waals surface area contributed by atoms with Crippen LogP contribution < -0.4 is 9.62 Å². The first-order valence-corrected chi connectivity index (χ1v) is 9.82. The van der Waals surface area contributed by atoms with Gasteiger partial charge in [-0.25, -0.2) is 8.42 Å². The number of fused-ring (bicyclic) bond motifs is 1. The third-order valence-electron chi connectivity index (χ3n) is 3.71. The number of carbonyl (C=O) groups is 1. The normalized spacial score (nSPS) is 14.8. The largest absolute Gasteiger partial charge is 0.396 e. The number of nitrogens with one attached hydrogen (secondary N) is 1. The van der Waals surface area contributed by atoms with E-state index in [1.54, 1.807) is 19.9 Å². The van der Waals surface area contributed by atoms with Crippen LogP contribution >= 0.6 is 11.6 Å². The SMILES string of the molecule is CC(=O)N1CCc2cc(Cl)c(S(=O)(=O)NC(CCO)=NC(C)C)cc21. The highest BCUT2D eigenvalue weighted by Gasteiger charge is 2.28. The fraction of sp³-hybridized carbons (Fsp3) is 0.500. The van der Waals surface area contributed by atoms with Gasteiger partial charge in [-0.3, -0.25) is 14.5 Å². The van der Waals surface area contributed by atoms with E-state index in [1.807, 2.05) is 0 Å². The average Bonchev–Trinajstić information content (AvgIpc) is 2.88. The van der Waals surface area contributed by atoms with Gasteiger partial charge in [0.15, 0.2) is 0 Å². The lowest BCUT2D eigenvalue weighted by atomic mass is 10.2. The number of aliphatic imine (C=N–C) groups is 1. The molecule has 0 unspecified atom stereocenters. The van der Waals surface area contributed by atoms with Crippen molar-refractivity contribution in [1.82, 2.24) is 4.72 Å². The number of hydrogen-bond acceptors (Lipinski definition) is 5. The quantitative estimate of drug-likeness (QED) is 0.593. The predicted molar refractivity (Wildman–Crippen MR) is 97.8 cm³/mol. The third kappa shape index (κ3) is 4.50. The molecule has 0 saturated heterocycles. The minimum Gasteiger partial charge on any atom is -0.396 e. The molecule has 0 radical (unpaired) electrons. The van der Waals surface area contributed by atoms with Crippen LogP contribution in [0.5, 0.6) is 0 Å². The highest BCUT2D eigenvalue weighted by molar-refractivity contribution is 7.90. The number of benzene rings is 1.